The molecule has 0 heterocycles. The van der Waals surface area contributed by atoms with Crippen molar-refractivity contribution in [1.29, 1.82) is 0 Å². The monoisotopic (exact) mass is 1080 g/mol. The molecule has 0 aliphatic carbocycles. The van der Waals surface area contributed by atoms with E-state index in [0.717, 1.165) is 0 Å². The molecule has 0 fully saturated rings. The van der Waals surface area contributed by atoms with E-state index in [1.807, 2.05) is 0 Å². The molecular weight excluding hydrogens is 947 g/mol. The van der Waals surface area contributed by atoms with Crippen LogP contribution in [0.4, 0.5) is 0 Å². The van der Waals surface area contributed by atoms with Crippen LogP contribution in [-0.2, 0) is 21.2 Å². The number of hydrogen-bond donors (Lipinski definition) is 0. The van der Waals surface area contributed by atoms with Gasteiger partial charge in [0.2, 0.25) is 0 Å². The molecule has 0 unspecified atom stereocenters. The second-order valence-corrected chi connectivity index (χ2v) is 33.2. The summed E-state index contributed by atoms with van der Waals surface area (Å²) in [4.78, 5) is 0. The molecule has 432 valence electrons. The van der Waals surface area contributed by atoms with Crippen molar-refractivity contribution in [2.75, 3.05) is 49.3 Å². The molecule has 71 heavy (non-hydrogen) atoms. The van der Waals surface area contributed by atoms with Gasteiger partial charge in [0, 0.05) is 14.5 Å². The average Bonchev–Trinajstić information content (AvgIpc) is 3.35. The molecule has 0 saturated heterocycles. The zero-order valence-electron chi connectivity index (χ0n) is 50.5. The van der Waals surface area contributed by atoms with Crippen molar-refractivity contribution in [2.24, 2.45) is 0 Å². The van der Waals surface area contributed by atoms with Crippen LogP contribution in [-0.4, -0.2) is 49.3 Å². The van der Waals surface area contributed by atoms with Gasteiger partial charge in [0.1, 0.15) is 0 Å². The molecule has 0 spiro atoms. The molecule has 0 atom stereocenters. The van der Waals surface area contributed by atoms with Crippen LogP contribution in [0.1, 0.15) is 364 Å². The van der Waals surface area contributed by atoms with Gasteiger partial charge in [-0.2, -0.15) is 0 Å². The number of hydrogen-bond acceptors (Lipinski definition) is 4. The summed E-state index contributed by atoms with van der Waals surface area (Å²) >= 11 is -5.75. The van der Waals surface area contributed by atoms with Crippen LogP contribution >= 0.6 is 14.5 Å². The first-order valence-electron chi connectivity index (χ1n) is 32.9. The normalized spacial score (nSPS) is 12.0. The number of unbranched alkanes of at least 4 members (excludes halogenated alkanes) is 40. The fourth-order valence-corrected chi connectivity index (χ4v) is 21.0. The molecule has 0 aliphatic heterocycles. The van der Waals surface area contributed by atoms with E-state index < -0.39 is 28.1 Å². The standard InChI is InChI=1S/2C32H68P.Cr.4O/c2*1-5-9-13-17-21-25-29-33(30-26-22-18-14-10-6-2,31-27-23-19-15-11-7-3)32-28-24-20-16-12-8-4;;;;;/h2*5-32H2,1-4H3;;;;;/q2*+1;;;;2*-1. The summed E-state index contributed by atoms with van der Waals surface area (Å²) in [6.45, 7) is 18.8. The van der Waals surface area contributed by atoms with Crippen LogP contribution in [0.3, 0.4) is 0 Å². The Morgan fingerprint density at radius 3 is 0.380 bits per heavy atom. The summed E-state index contributed by atoms with van der Waals surface area (Å²) in [6.07, 6.45) is 84.3. The van der Waals surface area contributed by atoms with Crippen LogP contribution < -0.4 is 8.32 Å². The predicted molar refractivity (Wildman–Crippen MR) is 321 cm³/mol. The molecule has 0 N–H and O–H groups in total. The zero-order valence-corrected chi connectivity index (χ0v) is 53.6. The third kappa shape index (κ3) is 63.3. The zero-order chi connectivity index (χ0) is 53.1. The van der Waals surface area contributed by atoms with Gasteiger partial charge >= 0.3 is 29.5 Å². The van der Waals surface area contributed by atoms with Crippen molar-refractivity contribution in [3.8, 4) is 0 Å². The minimum atomic E-state index is -5.75. The fourth-order valence-electron chi connectivity index (χ4n) is 11.2. The van der Waals surface area contributed by atoms with Crippen molar-refractivity contribution in [1.82, 2.24) is 0 Å². The topological polar surface area (TPSA) is 80.3 Å². The third-order valence-electron chi connectivity index (χ3n) is 15.9. The van der Waals surface area contributed by atoms with Crippen LogP contribution in [0.15, 0.2) is 0 Å². The Bertz CT molecular complexity index is 856. The quantitative estimate of drug-likeness (QED) is 0.0449. The van der Waals surface area contributed by atoms with Crippen molar-refractivity contribution in [3.05, 3.63) is 0 Å². The molecule has 0 radical (unpaired) electrons. The second-order valence-electron chi connectivity index (χ2n) is 23.0. The first-order valence-corrected chi connectivity index (χ1v) is 40.0. The van der Waals surface area contributed by atoms with Gasteiger partial charge in [0.15, 0.2) is 0 Å². The van der Waals surface area contributed by atoms with Crippen molar-refractivity contribution in [3.63, 3.8) is 0 Å². The van der Waals surface area contributed by atoms with Gasteiger partial charge in [-0.25, -0.2) is 0 Å². The van der Waals surface area contributed by atoms with Gasteiger partial charge in [0.25, 0.3) is 0 Å². The molecular formula is C64H136CrO4P2. The molecule has 0 aliphatic rings. The predicted octanol–water partition coefficient (Wildman–Crippen LogP) is 22.3. The van der Waals surface area contributed by atoms with Gasteiger partial charge in [-0.1, -0.05) is 261 Å². The van der Waals surface area contributed by atoms with E-state index in [0.29, 0.717) is 0 Å². The van der Waals surface area contributed by atoms with Gasteiger partial charge in [0.05, 0.1) is 49.3 Å². The summed E-state index contributed by atoms with van der Waals surface area (Å²) in [6, 6.07) is 0. The van der Waals surface area contributed by atoms with E-state index in [2.05, 4.69) is 55.4 Å². The fraction of sp³-hybridized carbons (Fsp3) is 1.00. The Hall–Kier alpha value is 0.912. The van der Waals surface area contributed by atoms with Gasteiger partial charge < -0.3 is 0 Å². The maximum absolute atomic E-state index is 8.59. The first-order chi connectivity index (χ1) is 34.5. The van der Waals surface area contributed by atoms with Crippen LogP contribution in [0.25, 0.3) is 0 Å². The van der Waals surface area contributed by atoms with E-state index in [1.54, 1.807) is 101 Å². The van der Waals surface area contributed by atoms with E-state index in [4.69, 9.17) is 15.9 Å². The maximum atomic E-state index is 8.59. The molecule has 0 rings (SSSR count). The van der Waals surface area contributed by atoms with Gasteiger partial charge in [-0.3, -0.25) is 0 Å². The third-order valence-corrected chi connectivity index (χ3v) is 26.0. The Morgan fingerprint density at radius 2 is 0.282 bits per heavy atom. The molecule has 0 aromatic rings. The average molecular weight is 1080 g/mol. The van der Waals surface area contributed by atoms with E-state index >= 15 is 0 Å². The van der Waals surface area contributed by atoms with E-state index in [9.17, 15) is 0 Å². The molecule has 7 heteroatoms. The van der Waals surface area contributed by atoms with Crippen LogP contribution in [0.2, 0.25) is 0 Å². The molecule has 0 aromatic carbocycles. The summed E-state index contributed by atoms with van der Waals surface area (Å²) in [7, 11) is -1.44. The van der Waals surface area contributed by atoms with Gasteiger partial charge in [-0.15, -0.1) is 0 Å². The van der Waals surface area contributed by atoms with Crippen molar-refractivity contribution in [2.45, 2.75) is 364 Å². The Morgan fingerprint density at radius 1 is 0.197 bits per heavy atom. The Balaban J connectivity index is -0.00000119. The van der Waals surface area contributed by atoms with Crippen molar-refractivity contribution >= 4 is 14.5 Å². The van der Waals surface area contributed by atoms with Crippen LogP contribution in [0.5, 0.6) is 0 Å². The molecule has 0 bridgehead atoms. The van der Waals surface area contributed by atoms with E-state index in [-0.39, 0.29) is 0 Å². The summed E-state index contributed by atoms with van der Waals surface area (Å²) < 4.78 is 34.4. The van der Waals surface area contributed by atoms with Crippen LogP contribution in [0, 0.1) is 0 Å². The van der Waals surface area contributed by atoms with E-state index in [1.165, 1.54) is 257 Å². The molecule has 4 nitrogen and oxygen atoms in total. The Kier molecular flexibility index (Phi) is 66.2. The SMILES string of the molecule is CCCCCCCC[P+](CCCCCCCC)(CCCCCCCC)CCCCCCCC.CCCCCCCC[P+](CCCCCCCC)(CCCCCCCC)CCCCCCCC.[O]=[Cr](=[O])([O-])[O-]. The molecule has 0 aromatic heterocycles. The Labute approximate surface area is 454 Å². The second kappa shape index (κ2) is 61.8. The minimum absolute atomic E-state index is 0.718. The summed E-state index contributed by atoms with van der Waals surface area (Å²) in [5.41, 5.74) is 0. The summed E-state index contributed by atoms with van der Waals surface area (Å²) in [5, 5.41) is 0. The van der Waals surface area contributed by atoms with Gasteiger partial charge in [-0.05, 0) is 103 Å². The van der Waals surface area contributed by atoms with Crippen molar-refractivity contribution < 1.29 is 29.5 Å². The summed E-state index contributed by atoms with van der Waals surface area (Å²) in [5.74, 6) is 0. The first kappa shape index (κ1) is 76.1. The number of rotatable bonds is 56. The molecule has 0 saturated carbocycles. The molecule has 0 amide bonds.